The zero-order chi connectivity index (χ0) is 15.5. The maximum absolute atomic E-state index is 11.8. The Morgan fingerprint density at radius 2 is 2.10 bits per heavy atom. The van der Waals surface area contributed by atoms with E-state index in [0.717, 1.165) is 30.8 Å². The number of unbranched alkanes of at least 4 members (excludes halogenated alkanes) is 1. The third kappa shape index (κ3) is 6.98. The third-order valence-electron chi connectivity index (χ3n) is 3.20. The van der Waals surface area contributed by atoms with E-state index in [-0.39, 0.29) is 24.2 Å². The number of carbonyl (C=O) groups is 1. The molecular weight excluding hydrogens is 288 g/mol. The fraction of sp³-hybridized carbons (Fsp3) is 0.533. The molecule has 0 aliphatic carbocycles. The number of rotatable bonds is 11. The molecule has 0 saturated heterocycles. The SMILES string of the molecule is CCCCOc1ccc(C[C@H](BOCN)C(=O)CCl)cc1. The van der Waals surface area contributed by atoms with Crippen molar-refractivity contribution < 1.29 is 14.2 Å². The summed E-state index contributed by atoms with van der Waals surface area (Å²) in [5, 5.41) is 0. The molecule has 0 amide bonds. The van der Waals surface area contributed by atoms with E-state index < -0.39 is 0 Å². The van der Waals surface area contributed by atoms with Gasteiger partial charge in [-0.2, -0.15) is 0 Å². The molecule has 0 aliphatic heterocycles. The highest BCUT2D eigenvalue weighted by atomic mass is 35.5. The number of benzene rings is 1. The first kappa shape index (κ1) is 18.0. The Hall–Kier alpha value is -1.04. The normalized spacial score (nSPS) is 12.0. The number of hydrogen-bond acceptors (Lipinski definition) is 4. The Bertz CT molecular complexity index is 414. The number of nitrogens with two attached hydrogens (primary N) is 1. The highest BCUT2D eigenvalue weighted by Gasteiger charge is 2.20. The molecule has 0 unspecified atom stereocenters. The predicted molar refractivity (Wildman–Crippen MR) is 87.3 cm³/mol. The van der Waals surface area contributed by atoms with Gasteiger partial charge < -0.3 is 15.1 Å². The van der Waals surface area contributed by atoms with Gasteiger partial charge in [-0.1, -0.05) is 25.5 Å². The minimum atomic E-state index is -0.252. The van der Waals surface area contributed by atoms with Crippen molar-refractivity contribution in [1.29, 1.82) is 0 Å². The number of hydrogen-bond donors (Lipinski definition) is 1. The lowest BCUT2D eigenvalue weighted by Gasteiger charge is -2.13. The van der Waals surface area contributed by atoms with Crippen LogP contribution in [0.3, 0.4) is 0 Å². The lowest BCUT2D eigenvalue weighted by Crippen LogP contribution is -2.23. The van der Waals surface area contributed by atoms with Crippen LogP contribution in [0.1, 0.15) is 25.3 Å². The molecule has 0 heterocycles. The molecule has 1 atom stereocenters. The summed E-state index contributed by atoms with van der Waals surface area (Å²) in [6.45, 7) is 2.97. The van der Waals surface area contributed by atoms with Crippen molar-refractivity contribution in [3.05, 3.63) is 29.8 Å². The van der Waals surface area contributed by atoms with Crippen molar-refractivity contribution in [2.75, 3.05) is 19.2 Å². The maximum atomic E-state index is 11.8. The monoisotopic (exact) mass is 311 g/mol. The summed E-state index contributed by atoms with van der Waals surface area (Å²) in [4.78, 5) is 11.8. The molecule has 0 fully saturated rings. The van der Waals surface area contributed by atoms with E-state index in [9.17, 15) is 4.79 Å². The summed E-state index contributed by atoms with van der Waals surface area (Å²) in [5.74, 6) is 0.577. The Morgan fingerprint density at radius 3 is 2.67 bits per heavy atom. The number of halogens is 1. The zero-order valence-corrected chi connectivity index (χ0v) is 13.3. The van der Waals surface area contributed by atoms with Gasteiger partial charge in [-0.25, -0.2) is 0 Å². The first-order chi connectivity index (χ1) is 10.2. The van der Waals surface area contributed by atoms with E-state index in [1.807, 2.05) is 24.3 Å². The average Bonchev–Trinajstić information content (AvgIpc) is 2.52. The number of ketones is 1. The van der Waals surface area contributed by atoms with E-state index in [2.05, 4.69) is 6.92 Å². The zero-order valence-electron chi connectivity index (χ0n) is 12.5. The van der Waals surface area contributed by atoms with Gasteiger partial charge in [0.2, 0.25) is 0 Å². The third-order valence-corrected chi connectivity index (χ3v) is 3.46. The van der Waals surface area contributed by atoms with E-state index in [0.29, 0.717) is 13.9 Å². The van der Waals surface area contributed by atoms with Crippen molar-refractivity contribution in [1.82, 2.24) is 0 Å². The van der Waals surface area contributed by atoms with Crippen molar-refractivity contribution in [3.8, 4) is 5.75 Å². The first-order valence-corrected chi connectivity index (χ1v) is 7.83. The lowest BCUT2D eigenvalue weighted by molar-refractivity contribution is -0.116. The Kier molecular flexibility index (Phi) is 9.14. The summed E-state index contributed by atoms with van der Waals surface area (Å²) >= 11 is 5.63. The Balaban J connectivity index is 2.56. The Morgan fingerprint density at radius 1 is 1.38 bits per heavy atom. The van der Waals surface area contributed by atoms with Crippen molar-refractivity contribution >= 4 is 24.9 Å². The predicted octanol–water partition coefficient (Wildman–Crippen LogP) is 2.29. The van der Waals surface area contributed by atoms with Crippen LogP contribution in [0.5, 0.6) is 5.75 Å². The van der Waals surface area contributed by atoms with E-state index in [1.165, 1.54) is 0 Å². The van der Waals surface area contributed by atoms with Crippen LogP contribution in [0.2, 0.25) is 5.82 Å². The quantitative estimate of drug-likeness (QED) is 0.295. The van der Waals surface area contributed by atoms with Crippen LogP contribution in [-0.2, 0) is 15.9 Å². The molecule has 1 rings (SSSR count). The smallest absolute Gasteiger partial charge is 0.287 e. The maximum Gasteiger partial charge on any atom is 0.287 e. The lowest BCUT2D eigenvalue weighted by atomic mass is 9.73. The molecule has 0 bridgehead atoms. The number of alkyl halides is 1. The molecule has 1 aromatic carbocycles. The second-order valence-corrected chi connectivity index (χ2v) is 5.15. The first-order valence-electron chi connectivity index (χ1n) is 7.29. The highest BCUT2D eigenvalue weighted by molar-refractivity contribution is 6.42. The summed E-state index contributed by atoms with van der Waals surface area (Å²) in [5.41, 5.74) is 6.36. The summed E-state index contributed by atoms with van der Waals surface area (Å²) in [6.07, 6.45) is 2.76. The van der Waals surface area contributed by atoms with Gasteiger partial charge in [0.25, 0.3) is 7.48 Å². The van der Waals surface area contributed by atoms with Crippen LogP contribution in [0, 0.1) is 0 Å². The van der Waals surface area contributed by atoms with E-state index in [4.69, 9.17) is 26.7 Å². The van der Waals surface area contributed by atoms with Crippen molar-refractivity contribution in [2.45, 2.75) is 32.0 Å². The van der Waals surface area contributed by atoms with Gasteiger partial charge in [-0.05, 0) is 30.5 Å². The summed E-state index contributed by atoms with van der Waals surface area (Å²) in [7, 11) is 0.302. The van der Waals surface area contributed by atoms with E-state index in [1.54, 1.807) is 0 Å². The minimum absolute atomic E-state index is 0.00316. The molecule has 0 aliphatic rings. The van der Waals surface area contributed by atoms with Gasteiger partial charge in [-0.15, -0.1) is 11.6 Å². The van der Waals surface area contributed by atoms with Crippen LogP contribution in [0.15, 0.2) is 24.3 Å². The molecule has 0 radical (unpaired) electrons. The second-order valence-electron chi connectivity index (χ2n) is 4.88. The van der Waals surface area contributed by atoms with Crippen LogP contribution in [-0.4, -0.2) is 32.5 Å². The van der Waals surface area contributed by atoms with Gasteiger partial charge in [-0.3, -0.25) is 4.79 Å². The van der Waals surface area contributed by atoms with Gasteiger partial charge in [0.1, 0.15) is 11.5 Å². The number of carbonyl (C=O) groups excluding carboxylic acids is 1. The fourth-order valence-corrected chi connectivity index (χ4v) is 2.14. The Labute approximate surface area is 132 Å². The topological polar surface area (TPSA) is 61.6 Å². The van der Waals surface area contributed by atoms with Crippen LogP contribution >= 0.6 is 11.6 Å². The van der Waals surface area contributed by atoms with E-state index >= 15 is 0 Å². The van der Waals surface area contributed by atoms with Crippen molar-refractivity contribution in [3.63, 3.8) is 0 Å². The van der Waals surface area contributed by atoms with Gasteiger partial charge in [0, 0.05) is 5.82 Å². The van der Waals surface area contributed by atoms with Crippen LogP contribution in [0.25, 0.3) is 0 Å². The summed E-state index contributed by atoms with van der Waals surface area (Å²) < 4.78 is 10.8. The number of ether oxygens (including phenoxy) is 1. The summed E-state index contributed by atoms with van der Waals surface area (Å²) in [6, 6.07) is 7.80. The minimum Gasteiger partial charge on any atom is -0.494 e. The molecule has 0 aromatic heterocycles. The van der Waals surface area contributed by atoms with Gasteiger partial charge >= 0.3 is 0 Å². The molecule has 0 saturated carbocycles. The highest BCUT2D eigenvalue weighted by Crippen LogP contribution is 2.19. The molecule has 6 heteroatoms. The molecule has 0 spiro atoms. The van der Waals surface area contributed by atoms with Crippen LogP contribution in [0.4, 0.5) is 0 Å². The molecule has 21 heavy (non-hydrogen) atoms. The van der Waals surface area contributed by atoms with Crippen LogP contribution < -0.4 is 10.5 Å². The van der Waals surface area contributed by atoms with Gasteiger partial charge in [0.15, 0.2) is 0 Å². The largest absolute Gasteiger partial charge is 0.494 e. The number of Topliss-reactive ketones (excluding diaryl/α,β-unsaturated/α-hetero) is 1. The van der Waals surface area contributed by atoms with Gasteiger partial charge in [0.05, 0.1) is 19.2 Å². The molecular formula is C15H23BClNO3. The standard InChI is InChI=1S/C15H23BClNO3/c1-2-3-8-20-13-6-4-12(5-7-13)9-14(15(19)10-17)16-21-11-18/h4-7,14,16H,2-3,8-11,18H2,1H3/t14-/m0/s1. The fourth-order valence-electron chi connectivity index (χ4n) is 1.93. The molecule has 4 nitrogen and oxygen atoms in total. The second kappa shape index (κ2) is 10.7. The van der Waals surface area contributed by atoms with Crippen molar-refractivity contribution in [2.24, 2.45) is 5.73 Å². The average molecular weight is 312 g/mol. The molecule has 2 N–H and O–H groups in total. The molecule has 1 aromatic rings. The molecule has 116 valence electrons.